The van der Waals surface area contributed by atoms with Gasteiger partial charge in [0.05, 0.1) is 0 Å². The van der Waals surface area contributed by atoms with E-state index in [1.807, 2.05) is 0 Å². The van der Waals surface area contributed by atoms with Crippen molar-refractivity contribution in [3.05, 3.63) is 24.3 Å². The van der Waals surface area contributed by atoms with Gasteiger partial charge in [0.15, 0.2) is 0 Å². The van der Waals surface area contributed by atoms with Crippen molar-refractivity contribution in [3.63, 3.8) is 0 Å². The molecule has 0 atom stereocenters. The van der Waals surface area contributed by atoms with E-state index >= 15 is 0 Å². The molecule has 5 N–H and O–H groups in total. The minimum atomic E-state index is 0.169. The number of hydrazine groups is 1. The van der Waals surface area contributed by atoms with Crippen LogP contribution in [-0.4, -0.2) is 17.3 Å². The van der Waals surface area contributed by atoms with Crippen molar-refractivity contribution in [3.8, 4) is 11.5 Å². The third-order valence-electron chi connectivity index (χ3n) is 0.850. The molecule has 0 aromatic heterocycles. The third-order valence-corrected chi connectivity index (χ3v) is 0.850. The second-order valence-electron chi connectivity index (χ2n) is 1.81. The first kappa shape index (κ1) is 9.74. The van der Waals surface area contributed by atoms with E-state index in [0.29, 0.717) is 0 Å². The Morgan fingerprint density at radius 1 is 1.09 bits per heavy atom. The lowest BCUT2D eigenvalue weighted by Crippen LogP contribution is -2.13. The number of phenols is 2. The van der Waals surface area contributed by atoms with E-state index in [4.69, 9.17) is 10.2 Å². The van der Waals surface area contributed by atoms with Crippen LogP contribution in [0.5, 0.6) is 11.5 Å². The Hall–Kier alpha value is -1.26. The van der Waals surface area contributed by atoms with E-state index in [1.54, 1.807) is 7.05 Å². The molecule has 0 spiro atoms. The summed E-state index contributed by atoms with van der Waals surface area (Å²) in [4.78, 5) is 0. The standard InChI is InChI=1S/C6H6O2.CH6N2/c7-5-1-2-6(8)4-3-5;1-3-2/h1-4,7-8H;3H,2H2,1H3. The molecule has 0 heterocycles. The zero-order valence-corrected chi connectivity index (χ0v) is 6.28. The molecule has 11 heavy (non-hydrogen) atoms. The van der Waals surface area contributed by atoms with E-state index < -0.39 is 0 Å². The second-order valence-corrected chi connectivity index (χ2v) is 1.81. The van der Waals surface area contributed by atoms with E-state index in [2.05, 4.69) is 11.3 Å². The van der Waals surface area contributed by atoms with Gasteiger partial charge >= 0.3 is 0 Å². The predicted octanol–water partition coefficient (Wildman–Crippen LogP) is 0.177. The topological polar surface area (TPSA) is 78.5 Å². The summed E-state index contributed by atoms with van der Waals surface area (Å²) in [5.41, 5.74) is 2.25. The highest BCUT2D eigenvalue weighted by Crippen LogP contribution is 2.13. The second kappa shape index (κ2) is 5.52. The van der Waals surface area contributed by atoms with Crippen LogP contribution in [0.15, 0.2) is 24.3 Å². The van der Waals surface area contributed by atoms with Gasteiger partial charge in [0.2, 0.25) is 0 Å². The lowest BCUT2D eigenvalue weighted by molar-refractivity contribution is 0.460. The Labute approximate surface area is 65.3 Å². The summed E-state index contributed by atoms with van der Waals surface area (Å²) in [6.45, 7) is 0. The van der Waals surface area contributed by atoms with Crippen LogP contribution >= 0.6 is 0 Å². The highest BCUT2D eigenvalue weighted by atomic mass is 16.3. The highest BCUT2D eigenvalue weighted by molar-refractivity contribution is 5.28. The van der Waals surface area contributed by atoms with Gasteiger partial charge in [-0.05, 0) is 31.3 Å². The Bertz CT molecular complexity index is 165. The smallest absolute Gasteiger partial charge is 0.115 e. The number of nitrogens with one attached hydrogen (secondary N) is 1. The normalized spacial score (nSPS) is 8.18. The predicted molar refractivity (Wildman–Crippen MR) is 43.0 cm³/mol. The fourth-order valence-corrected chi connectivity index (χ4v) is 0.453. The van der Waals surface area contributed by atoms with Gasteiger partial charge in [0, 0.05) is 0 Å². The molecule has 4 heteroatoms. The van der Waals surface area contributed by atoms with E-state index in [-0.39, 0.29) is 11.5 Å². The van der Waals surface area contributed by atoms with Crippen molar-refractivity contribution in [1.29, 1.82) is 0 Å². The molecule has 0 radical (unpaired) electrons. The van der Waals surface area contributed by atoms with Gasteiger partial charge in [-0.15, -0.1) is 0 Å². The SMILES string of the molecule is CNN.Oc1ccc(O)cc1. The molecule has 0 fully saturated rings. The van der Waals surface area contributed by atoms with Crippen molar-refractivity contribution in [2.75, 3.05) is 7.05 Å². The number of rotatable bonds is 0. The van der Waals surface area contributed by atoms with Crippen LogP contribution in [-0.2, 0) is 0 Å². The summed E-state index contributed by atoms with van der Waals surface area (Å²) in [5, 5.41) is 17.3. The van der Waals surface area contributed by atoms with Gasteiger partial charge < -0.3 is 10.2 Å². The molecule has 0 aliphatic rings. The molecule has 4 nitrogen and oxygen atoms in total. The zero-order valence-electron chi connectivity index (χ0n) is 6.28. The summed E-state index contributed by atoms with van der Waals surface area (Å²) in [6.07, 6.45) is 0. The van der Waals surface area contributed by atoms with Gasteiger partial charge in [-0.3, -0.25) is 11.3 Å². The van der Waals surface area contributed by atoms with Crippen molar-refractivity contribution in [2.24, 2.45) is 5.84 Å². The summed E-state index contributed by atoms with van der Waals surface area (Å²) in [5.74, 6) is 4.94. The third kappa shape index (κ3) is 5.20. The van der Waals surface area contributed by atoms with Gasteiger partial charge in [0.25, 0.3) is 0 Å². The first-order chi connectivity index (χ1) is 5.20. The molecule has 1 rings (SSSR count). The molecule has 0 amide bonds. The van der Waals surface area contributed by atoms with Crippen molar-refractivity contribution < 1.29 is 10.2 Å². The Kier molecular flexibility index (Phi) is 4.89. The van der Waals surface area contributed by atoms with Crippen molar-refractivity contribution >= 4 is 0 Å². The molecule has 1 aromatic rings. The number of aromatic hydroxyl groups is 2. The minimum Gasteiger partial charge on any atom is -0.508 e. The molecular weight excluding hydrogens is 144 g/mol. The molecule has 62 valence electrons. The van der Waals surface area contributed by atoms with Gasteiger partial charge in [-0.25, -0.2) is 0 Å². The molecule has 0 aliphatic carbocycles. The van der Waals surface area contributed by atoms with Crippen LogP contribution in [0.25, 0.3) is 0 Å². The molecule has 0 saturated heterocycles. The largest absolute Gasteiger partial charge is 0.508 e. The number of nitrogens with two attached hydrogens (primary N) is 1. The van der Waals surface area contributed by atoms with Crippen LogP contribution in [0.1, 0.15) is 0 Å². The summed E-state index contributed by atoms with van der Waals surface area (Å²) in [7, 11) is 1.65. The first-order valence-electron chi connectivity index (χ1n) is 3.06. The van der Waals surface area contributed by atoms with Gasteiger partial charge in [0.1, 0.15) is 11.5 Å². The van der Waals surface area contributed by atoms with E-state index in [1.165, 1.54) is 24.3 Å². The lowest BCUT2D eigenvalue weighted by atomic mass is 10.3. The number of benzene rings is 1. The van der Waals surface area contributed by atoms with Crippen LogP contribution in [0.3, 0.4) is 0 Å². The zero-order chi connectivity index (χ0) is 8.69. The Morgan fingerprint density at radius 3 is 1.45 bits per heavy atom. The molecule has 0 saturated carbocycles. The quantitative estimate of drug-likeness (QED) is 0.245. The highest BCUT2D eigenvalue weighted by Gasteiger charge is 1.84. The average molecular weight is 156 g/mol. The fraction of sp³-hybridized carbons (Fsp3) is 0.143. The maximum absolute atomic E-state index is 8.65. The van der Waals surface area contributed by atoms with Crippen molar-refractivity contribution in [2.45, 2.75) is 0 Å². The molecule has 0 bridgehead atoms. The van der Waals surface area contributed by atoms with Crippen LogP contribution in [0.4, 0.5) is 0 Å². The summed E-state index contributed by atoms with van der Waals surface area (Å²) < 4.78 is 0. The maximum Gasteiger partial charge on any atom is 0.115 e. The first-order valence-corrected chi connectivity index (χ1v) is 3.06. The molecular formula is C7H12N2O2. The summed E-state index contributed by atoms with van der Waals surface area (Å²) >= 11 is 0. The van der Waals surface area contributed by atoms with Gasteiger partial charge in [-0.2, -0.15) is 0 Å². The van der Waals surface area contributed by atoms with Crippen LogP contribution < -0.4 is 11.3 Å². The van der Waals surface area contributed by atoms with E-state index in [0.717, 1.165) is 0 Å². The van der Waals surface area contributed by atoms with Crippen molar-refractivity contribution in [1.82, 2.24) is 5.43 Å². The van der Waals surface area contributed by atoms with Crippen LogP contribution in [0, 0.1) is 0 Å². The Morgan fingerprint density at radius 2 is 1.27 bits per heavy atom. The number of phenolic OH excluding ortho intramolecular Hbond substituents is 2. The number of hydrogen-bond acceptors (Lipinski definition) is 4. The Balaban J connectivity index is 0.000000292. The minimum absolute atomic E-state index is 0.169. The lowest BCUT2D eigenvalue weighted by Gasteiger charge is -1.88. The summed E-state index contributed by atoms with van der Waals surface area (Å²) in [6, 6.07) is 5.70. The average Bonchev–Trinajstić information content (AvgIpc) is 1.97. The fourth-order valence-electron chi connectivity index (χ4n) is 0.453. The van der Waals surface area contributed by atoms with Gasteiger partial charge in [-0.1, -0.05) is 0 Å². The van der Waals surface area contributed by atoms with E-state index in [9.17, 15) is 0 Å². The molecule has 0 unspecified atom stereocenters. The van der Waals surface area contributed by atoms with Crippen LogP contribution in [0.2, 0.25) is 0 Å². The number of hydrogen-bond donors (Lipinski definition) is 4. The molecule has 1 aromatic carbocycles. The monoisotopic (exact) mass is 156 g/mol. The molecule has 0 aliphatic heterocycles. The maximum atomic E-state index is 8.65.